The minimum Gasteiger partial charge on any atom is -0.478 e. The molecule has 1 aliphatic rings. The fraction of sp³-hybridized carbons (Fsp3) is 0.538. The number of nitrogens with one attached hydrogen (secondary N) is 1. The monoisotopic (exact) mass is 266 g/mol. The maximum atomic E-state index is 11.8. The van der Waals surface area contributed by atoms with E-state index in [9.17, 15) is 9.59 Å². The van der Waals surface area contributed by atoms with Crippen LogP contribution in [0.25, 0.3) is 0 Å². The summed E-state index contributed by atoms with van der Waals surface area (Å²) in [6.07, 6.45) is 3.48. The largest absolute Gasteiger partial charge is 0.478 e. The molecule has 2 rings (SSSR count). The maximum Gasteiger partial charge on any atom is 0.338 e. The van der Waals surface area contributed by atoms with Crippen molar-refractivity contribution in [3.63, 3.8) is 0 Å². The van der Waals surface area contributed by atoms with Crippen molar-refractivity contribution in [2.75, 3.05) is 19.6 Å². The fourth-order valence-electron chi connectivity index (χ4n) is 2.21. The van der Waals surface area contributed by atoms with E-state index in [-0.39, 0.29) is 23.3 Å². The SMILES string of the molecule is CC(CNC(=O)c1cc(C(=O)O)co1)N1CCCC1. The summed E-state index contributed by atoms with van der Waals surface area (Å²) in [7, 11) is 0. The molecule has 19 heavy (non-hydrogen) atoms. The van der Waals surface area contributed by atoms with E-state index in [0.29, 0.717) is 6.54 Å². The summed E-state index contributed by atoms with van der Waals surface area (Å²) in [5.74, 6) is -1.45. The minimum absolute atomic E-state index is 0.0160. The first-order valence-corrected chi connectivity index (χ1v) is 6.42. The lowest BCUT2D eigenvalue weighted by atomic mass is 10.2. The van der Waals surface area contributed by atoms with Crippen LogP contribution in [0.3, 0.4) is 0 Å². The lowest BCUT2D eigenvalue weighted by Gasteiger charge is -2.23. The van der Waals surface area contributed by atoms with Gasteiger partial charge < -0.3 is 14.8 Å². The number of furan rings is 1. The molecule has 2 N–H and O–H groups in total. The summed E-state index contributed by atoms with van der Waals surface area (Å²) in [5.41, 5.74) is -0.0160. The van der Waals surface area contributed by atoms with Crippen molar-refractivity contribution >= 4 is 11.9 Å². The Morgan fingerprint density at radius 2 is 2.16 bits per heavy atom. The van der Waals surface area contributed by atoms with Gasteiger partial charge in [-0.1, -0.05) is 0 Å². The van der Waals surface area contributed by atoms with Gasteiger partial charge in [0.25, 0.3) is 5.91 Å². The van der Waals surface area contributed by atoms with Crippen LogP contribution in [-0.4, -0.2) is 47.6 Å². The summed E-state index contributed by atoms with van der Waals surface area (Å²) in [6.45, 7) is 4.74. The average Bonchev–Trinajstić information content (AvgIpc) is 3.05. The van der Waals surface area contributed by atoms with Crippen LogP contribution < -0.4 is 5.32 Å². The molecule has 1 saturated heterocycles. The Balaban J connectivity index is 1.84. The number of likely N-dealkylation sites (tertiary alicyclic amines) is 1. The van der Waals surface area contributed by atoms with E-state index in [1.807, 2.05) is 0 Å². The predicted molar refractivity (Wildman–Crippen MR) is 68.3 cm³/mol. The third kappa shape index (κ3) is 3.35. The summed E-state index contributed by atoms with van der Waals surface area (Å²) in [6, 6.07) is 1.51. The second kappa shape index (κ2) is 5.88. The number of aromatic carboxylic acids is 1. The van der Waals surface area contributed by atoms with Gasteiger partial charge in [-0.2, -0.15) is 0 Å². The third-order valence-electron chi connectivity index (χ3n) is 3.39. The number of rotatable bonds is 5. The van der Waals surface area contributed by atoms with Crippen molar-refractivity contribution in [2.45, 2.75) is 25.8 Å². The number of hydrogen-bond donors (Lipinski definition) is 2. The number of carbonyl (C=O) groups excluding carboxylic acids is 1. The molecule has 1 aromatic heterocycles. The number of carboxylic acids is 1. The molecule has 2 heterocycles. The van der Waals surface area contributed by atoms with Crippen LogP contribution in [0.15, 0.2) is 16.7 Å². The molecule has 0 bridgehead atoms. The molecule has 1 aliphatic heterocycles. The van der Waals surface area contributed by atoms with Crippen LogP contribution in [0.5, 0.6) is 0 Å². The topological polar surface area (TPSA) is 82.8 Å². The van der Waals surface area contributed by atoms with Gasteiger partial charge in [0.05, 0.1) is 5.56 Å². The number of hydrogen-bond acceptors (Lipinski definition) is 4. The molecule has 0 aromatic carbocycles. The highest BCUT2D eigenvalue weighted by atomic mass is 16.4. The Morgan fingerprint density at radius 3 is 2.74 bits per heavy atom. The molecule has 0 saturated carbocycles. The van der Waals surface area contributed by atoms with Crippen LogP contribution in [0.1, 0.15) is 40.7 Å². The Labute approximate surface area is 111 Å². The Kier molecular flexibility index (Phi) is 4.21. The maximum absolute atomic E-state index is 11.8. The van der Waals surface area contributed by atoms with E-state index >= 15 is 0 Å². The molecule has 0 aliphatic carbocycles. The summed E-state index contributed by atoms with van der Waals surface area (Å²) in [5, 5.41) is 11.5. The third-order valence-corrected chi connectivity index (χ3v) is 3.39. The van der Waals surface area contributed by atoms with Gasteiger partial charge in [-0.15, -0.1) is 0 Å². The molecular weight excluding hydrogens is 248 g/mol. The van der Waals surface area contributed by atoms with Gasteiger partial charge in [0, 0.05) is 18.7 Å². The Bertz CT molecular complexity index is 463. The highest BCUT2D eigenvalue weighted by molar-refractivity contribution is 5.95. The first-order chi connectivity index (χ1) is 9.08. The molecule has 104 valence electrons. The van der Waals surface area contributed by atoms with E-state index in [1.54, 1.807) is 0 Å². The number of nitrogens with zero attached hydrogens (tertiary/aromatic N) is 1. The summed E-state index contributed by atoms with van der Waals surface area (Å²) in [4.78, 5) is 24.8. The van der Waals surface area contributed by atoms with Crippen molar-refractivity contribution in [2.24, 2.45) is 0 Å². The van der Waals surface area contributed by atoms with Gasteiger partial charge in [0.15, 0.2) is 5.76 Å². The van der Waals surface area contributed by atoms with Gasteiger partial charge in [0.1, 0.15) is 6.26 Å². The van der Waals surface area contributed by atoms with E-state index in [2.05, 4.69) is 17.1 Å². The molecule has 6 nitrogen and oxygen atoms in total. The molecule has 1 aromatic rings. The van der Waals surface area contributed by atoms with Crippen molar-refractivity contribution in [3.8, 4) is 0 Å². The van der Waals surface area contributed by atoms with Crippen molar-refractivity contribution < 1.29 is 19.1 Å². The van der Waals surface area contributed by atoms with E-state index in [0.717, 1.165) is 19.4 Å². The van der Waals surface area contributed by atoms with Gasteiger partial charge in [-0.3, -0.25) is 9.69 Å². The Morgan fingerprint density at radius 1 is 1.47 bits per heavy atom. The van der Waals surface area contributed by atoms with Gasteiger partial charge >= 0.3 is 5.97 Å². The first-order valence-electron chi connectivity index (χ1n) is 6.42. The summed E-state index contributed by atoms with van der Waals surface area (Å²) >= 11 is 0. The number of carbonyl (C=O) groups is 2. The van der Waals surface area contributed by atoms with Gasteiger partial charge in [-0.25, -0.2) is 4.79 Å². The zero-order valence-corrected chi connectivity index (χ0v) is 10.9. The zero-order valence-electron chi connectivity index (χ0n) is 10.9. The van der Waals surface area contributed by atoms with Crippen LogP contribution in [-0.2, 0) is 0 Å². The van der Waals surface area contributed by atoms with Crippen molar-refractivity contribution in [1.82, 2.24) is 10.2 Å². The highest BCUT2D eigenvalue weighted by Crippen LogP contribution is 2.11. The van der Waals surface area contributed by atoms with Gasteiger partial charge in [0.2, 0.25) is 0 Å². The van der Waals surface area contributed by atoms with Crippen molar-refractivity contribution in [3.05, 3.63) is 23.7 Å². The van der Waals surface area contributed by atoms with E-state index < -0.39 is 5.97 Å². The smallest absolute Gasteiger partial charge is 0.338 e. The highest BCUT2D eigenvalue weighted by Gasteiger charge is 2.20. The molecule has 1 fully saturated rings. The molecule has 1 atom stereocenters. The van der Waals surface area contributed by atoms with Gasteiger partial charge in [-0.05, 0) is 32.9 Å². The standard InChI is InChI=1S/C13H18N2O4/c1-9(15-4-2-3-5-15)7-14-12(16)11-6-10(8-19-11)13(17)18/h6,8-9H,2-5,7H2,1H3,(H,14,16)(H,17,18). The quantitative estimate of drug-likeness (QED) is 0.836. The minimum atomic E-state index is -1.10. The van der Waals surface area contributed by atoms with Crippen molar-refractivity contribution in [1.29, 1.82) is 0 Å². The lowest BCUT2D eigenvalue weighted by Crippen LogP contribution is -2.40. The van der Waals surface area contributed by atoms with E-state index in [1.165, 1.54) is 18.9 Å². The van der Waals surface area contributed by atoms with Crippen LogP contribution >= 0.6 is 0 Å². The molecular formula is C13H18N2O4. The lowest BCUT2D eigenvalue weighted by molar-refractivity contribution is 0.0696. The normalized spacial score (nSPS) is 17.3. The molecule has 0 spiro atoms. The predicted octanol–water partition coefficient (Wildman–Crippen LogP) is 1.19. The fourth-order valence-corrected chi connectivity index (χ4v) is 2.21. The second-order valence-corrected chi connectivity index (χ2v) is 4.81. The average molecular weight is 266 g/mol. The molecule has 1 unspecified atom stereocenters. The number of carboxylic acid groups (broad SMARTS) is 1. The summed E-state index contributed by atoms with van der Waals surface area (Å²) < 4.78 is 4.94. The van der Waals surface area contributed by atoms with Crippen LogP contribution in [0.2, 0.25) is 0 Å². The Hall–Kier alpha value is -1.82. The van der Waals surface area contributed by atoms with Crippen LogP contribution in [0.4, 0.5) is 0 Å². The van der Waals surface area contributed by atoms with Crippen LogP contribution in [0, 0.1) is 0 Å². The van der Waals surface area contributed by atoms with E-state index in [4.69, 9.17) is 9.52 Å². The molecule has 0 radical (unpaired) electrons. The molecule has 6 heteroatoms. The zero-order chi connectivity index (χ0) is 13.8. The second-order valence-electron chi connectivity index (χ2n) is 4.81. The number of amides is 1. The molecule has 1 amide bonds. The first kappa shape index (κ1) is 13.6.